The number of aromatic nitrogens is 4. The van der Waals surface area contributed by atoms with E-state index < -0.39 is 0 Å². The molecule has 0 bridgehead atoms. The lowest BCUT2D eigenvalue weighted by atomic mass is 10.3. The molecule has 3 heterocycles. The minimum absolute atomic E-state index is 0.0207. The van der Waals surface area contributed by atoms with Crippen LogP contribution in [0, 0.1) is 0 Å². The third kappa shape index (κ3) is 2.77. The molecular weight excluding hydrogens is 302 g/mol. The summed E-state index contributed by atoms with van der Waals surface area (Å²) in [5, 5.41) is 13.0. The number of hydrogen-bond acceptors (Lipinski definition) is 5. The Morgan fingerprint density at radius 3 is 2.95 bits per heavy atom. The summed E-state index contributed by atoms with van der Waals surface area (Å²) in [6.07, 6.45) is 1.44. The molecule has 0 aliphatic rings. The summed E-state index contributed by atoms with van der Waals surface area (Å²) in [6, 6.07) is 5.60. The highest BCUT2D eigenvalue weighted by atomic mass is 32.1. The van der Waals surface area contributed by atoms with Crippen LogP contribution in [0.25, 0.3) is 16.1 Å². The predicted molar refractivity (Wildman–Crippen MR) is 83.8 cm³/mol. The van der Waals surface area contributed by atoms with Crippen molar-refractivity contribution in [3.05, 3.63) is 40.3 Å². The molecule has 0 aliphatic heterocycles. The summed E-state index contributed by atoms with van der Waals surface area (Å²) in [4.78, 5) is 25.1. The van der Waals surface area contributed by atoms with Gasteiger partial charge in [0.15, 0.2) is 0 Å². The van der Waals surface area contributed by atoms with E-state index in [-0.39, 0.29) is 24.1 Å². The van der Waals surface area contributed by atoms with Crippen LogP contribution in [0.1, 0.15) is 13.8 Å². The van der Waals surface area contributed by atoms with Crippen LogP contribution in [0.4, 0.5) is 0 Å². The first-order valence-corrected chi connectivity index (χ1v) is 7.71. The highest BCUT2D eigenvalue weighted by Gasteiger charge is 2.12. The standard InChI is InChI=1S/C14H15N5O2S/c1-9(2)16-13(20)7-18-14(21)11-6-10(12-4-3-5-22-12)17-19(11)8-15-18/h3-6,8-9H,7H2,1-2H3,(H,16,20). The first-order chi connectivity index (χ1) is 10.5. The minimum Gasteiger partial charge on any atom is -0.352 e. The molecule has 1 N–H and O–H groups in total. The molecule has 8 heteroatoms. The normalized spacial score (nSPS) is 11.2. The first kappa shape index (κ1) is 14.5. The van der Waals surface area contributed by atoms with E-state index >= 15 is 0 Å². The van der Waals surface area contributed by atoms with Gasteiger partial charge in [-0.3, -0.25) is 9.59 Å². The average molecular weight is 317 g/mol. The second-order valence-corrected chi connectivity index (χ2v) is 6.10. The van der Waals surface area contributed by atoms with Crippen molar-refractivity contribution < 1.29 is 4.79 Å². The van der Waals surface area contributed by atoms with Gasteiger partial charge >= 0.3 is 0 Å². The Morgan fingerprint density at radius 1 is 1.45 bits per heavy atom. The van der Waals surface area contributed by atoms with Crippen LogP contribution in [0.2, 0.25) is 0 Å². The monoisotopic (exact) mass is 317 g/mol. The van der Waals surface area contributed by atoms with Crippen molar-refractivity contribution in [1.82, 2.24) is 24.7 Å². The van der Waals surface area contributed by atoms with Crippen molar-refractivity contribution >= 4 is 22.8 Å². The molecule has 0 saturated carbocycles. The Morgan fingerprint density at radius 2 is 2.27 bits per heavy atom. The minimum atomic E-state index is -0.336. The van der Waals surface area contributed by atoms with E-state index in [0.29, 0.717) is 5.52 Å². The highest BCUT2D eigenvalue weighted by molar-refractivity contribution is 7.13. The number of hydrogen-bond donors (Lipinski definition) is 1. The number of nitrogens with zero attached hydrogens (tertiary/aromatic N) is 4. The lowest BCUT2D eigenvalue weighted by Gasteiger charge is -2.08. The third-order valence-corrected chi connectivity index (χ3v) is 3.90. The fourth-order valence-corrected chi connectivity index (χ4v) is 2.78. The molecule has 3 aromatic heterocycles. The van der Waals surface area contributed by atoms with Crippen molar-refractivity contribution in [3.63, 3.8) is 0 Å². The number of rotatable bonds is 4. The van der Waals surface area contributed by atoms with E-state index in [2.05, 4.69) is 15.5 Å². The van der Waals surface area contributed by atoms with Gasteiger partial charge in [0.1, 0.15) is 24.1 Å². The lowest BCUT2D eigenvalue weighted by Crippen LogP contribution is -2.37. The zero-order chi connectivity index (χ0) is 15.7. The second kappa shape index (κ2) is 5.72. The lowest BCUT2D eigenvalue weighted by molar-refractivity contribution is -0.122. The van der Waals surface area contributed by atoms with Gasteiger partial charge in [0.05, 0.1) is 4.88 Å². The van der Waals surface area contributed by atoms with Gasteiger partial charge in [-0.25, -0.2) is 9.20 Å². The van der Waals surface area contributed by atoms with Gasteiger partial charge in [-0.2, -0.15) is 10.2 Å². The van der Waals surface area contributed by atoms with Crippen molar-refractivity contribution in [2.75, 3.05) is 0 Å². The maximum atomic E-state index is 12.4. The zero-order valence-corrected chi connectivity index (χ0v) is 13.0. The second-order valence-electron chi connectivity index (χ2n) is 5.15. The number of carbonyl (C=O) groups is 1. The molecule has 3 aromatic rings. The van der Waals surface area contributed by atoms with Gasteiger partial charge in [-0.05, 0) is 31.4 Å². The summed E-state index contributed by atoms with van der Waals surface area (Å²) in [5.41, 5.74) is 0.783. The average Bonchev–Trinajstić information content (AvgIpc) is 3.09. The molecule has 0 spiro atoms. The van der Waals surface area contributed by atoms with Crippen molar-refractivity contribution in [3.8, 4) is 10.6 Å². The first-order valence-electron chi connectivity index (χ1n) is 6.83. The fourth-order valence-electron chi connectivity index (χ4n) is 2.10. The van der Waals surface area contributed by atoms with E-state index in [1.165, 1.54) is 10.8 Å². The van der Waals surface area contributed by atoms with Crippen molar-refractivity contribution in [1.29, 1.82) is 0 Å². The molecule has 22 heavy (non-hydrogen) atoms. The summed E-state index contributed by atoms with van der Waals surface area (Å²) in [7, 11) is 0. The van der Waals surface area contributed by atoms with E-state index in [9.17, 15) is 9.59 Å². The molecule has 7 nitrogen and oxygen atoms in total. The third-order valence-electron chi connectivity index (χ3n) is 3.01. The zero-order valence-electron chi connectivity index (χ0n) is 12.2. The van der Waals surface area contributed by atoms with Gasteiger partial charge in [-0.1, -0.05) is 6.07 Å². The molecule has 3 rings (SSSR count). The molecule has 114 valence electrons. The molecule has 0 saturated heterocycles. The van der Waals surface area contributed by atoms with Crippen LogP contribution in [-0.2, 0) is 11.3 Å². The number of amides is 1. The largest absolute Gasteiger partial charge is 0.352 e. The molecule has 0 atom stereocenters. The van der Waals surface area contributed by atoms with E-state index in [4.69, 9.17) is 0 Å². The fraction of sp³-hybridized carbons (Fsp3) is 0.286. The van der Waals surface area contributed by atoms with Crippen LogP contribution in [0.3, 0.4) is 0 Å². The molecule has 0 radical (unpaired) electrons. The highest BCUT2D eigenvalue weighted by Crippen LogP contribution is 2.23. The Hall–Kier alpha value is -2.48. The number of nitrogens with one attached hydrogen (secondary N) is 1. The van der Waals surface area contributed by atoms with Crippen LogP contribution in [0.15, 0.2) is 34.7 Å². The van der Waals surface area contributed by atoms with Gasteiger partial charge in [0.25, 0.3) is 5.56 Å². The smallest absolute Gasteiger partial charge is 0.293 e. The van der Waals surface area contributed by atoms with Crippen LogP contribution >= 0.6 is 11.3 Å². The van der Waals surface area contributed by atoms with Gasteiger partial charge in [-0.15, -0.1) is 11.3 Å². The maximum absolute atomic E-state index is 12.4. The summed E-state index contributed by atoms with van der Waals surface area (Å²) in [6.45, 7) is 3.62. The van der Waals surface area contributed by atoms with Gasteiger partial charge < -0.3 is 5.32 Å². The molecule has 0 unspecified atom stereocenters. The molecule has 1 amide bonds. The molecule has 0 fully saturated rings. The number of carbonyl (C=O) groups excluding carboxylic acids is 1. The number of thiophene rings is 1. The Bertz CT molecular complexity index is 863. The summed E-state index contributed by atoms with van der Waals surface area (Å²) in [5.74, 6) is -0.244. The van der Waals surface area contributed by atoms with Gasteiger partial charge in [0.2, 0.25) is 5.91 Å². The Kier molecular flexibility index (Phi) is 3.76. The molecular formula is C14H15N5O2S. The maximum Gasteiger partial charge on any atom is 0.293 e. The summed E-state index contributed by atoms with van der Waals surface area (Å²) < 4.78 is 2.58. The van der Waals surface area contributed by atoms with E-state index in [1.807, 2.05) is 31.4 Å². The van der Waals surface area contributed by atoms with E-state index in [0.717, 1.165) is 15.3 Å². The van der Waals surface area contributed by atoms with Crippen LogP contribution < -0.4 is 10.9 Å². The topological polar surface area (TPSA) is 81.3 Å². The van der Waals surface area contributed by atoms with Crippen LogP contribution in [-0.4, -0.2) is 31.3 Å². The van der Waals surface area contributed by atoms with Crippen LogP contribution in [0.5, 0.6) is 0 Å². The SMILES string of the molecule is CC(C)NC(=O)Cn1ncn2nc(-c3cccs3)cc2c1=O. The summed E-state index contributed by atoms with van der Waals surface area (Å²) >= 11 is 1.55. The Balaban J connectivity index is 1.96. The van der Waals surface area contributed by atoms with Gasteiger partial charge in [0, 0.05) is 6.04 Å². The van der Waals surface area contributed by atoms with Crippen molar-refractivity contribution in [2.24, 2.45) is 0 Å². The molecule has 0 aliphatic carbocycles. The van der Waals surface area contributed by atoms with Crippen molar-refractivity contribution in [2.45, 2.75) is 26.4 Å². The Labute approximate surface area is 130 Å². The quantitative estimate of drug-likeness (QED) is 0.782. The predicted octanol–water partition coefficient (Wildman–Crippen LogP) is 1.14. The molecule has 0 aromatic carbocycles. The van der Waals surface area contributed by atoms with E-state index in [1.54, 1.807) is 17.4 Å². The number of fused-ring (bicyclic) bond motifs is 1.